The van der Waals surface area contributed by atoms with Crippen molar-refractivity contribution in [3.63, 3.8) is 0 Å². The summed E-state index contributed by atoms with van der Waals surface area (Å²) in [7, 11) is 0. The van der Waals surface area contributed by atoms with Gasteiger partial charge in [-0.3, -0.25) is 14.2 Å². The fourth-order valence-corrected chi connectivity index (χ4v) is 6.22. The van der Waals surface area contributed by atoms with Crippen LogP contribution in [-0.2, 0) is 17.6 Å². The van der Waals surface area contributed by atoms with Crippen LogP contribution < -0.4 is 5.32 Å². The topological polar surface area (TPSA) is 64.0 Å². The summed E-state index contributed by atoms with van der Waals surface area (Å²) in [5, 5.41) is 4.10. The van der Waals surface area contributed by atoms with E-state index in [1.165, 1.54) is 34.8 Å². The lowest BCUT2D eigenvalue weighted by Gasteiger charge is -2.14. The first kappa shape index (κ1) is 20.3. The van der Waals surface area contributed by atoms with Gasteiger partial charge in [0.2, 0.25) is 11.8 Å². The fraction of sp³-hybridized carbons (Fsp3) is 0.292. The molecule has 0 saturated heterocycles. The predicted molar refractivity (Wildman–Crippen MR) is 128 cm³/mol. The van der Waals surface area contributed by atoms with Crippen molar-refractivity contribution >= 4 is 61.7 Å². The van der Waals surface area contributed by atoms with Crippen LogP contribution in [0, 0.1) is 0 Å². The monoisotopic (exact) mass is 449 g/mol. The SMILES string of the molecule is CCC(=O)Nc1ccc2nc(SCC(=O)n3c4c(c5ccccc53)CCCC4)sc2c1. The summed E-state index contributed by atoms with van der Waals surface area (Å²) in [5.74, 6) is 0.454. The molecule has 0 spiro atoms. The Balaban J connectivity index is 1.37. The molecule has 2 aromatic carbocycles. The second-order valence-corrected chi connectivity index (χ2v) is 9.98. The summed E-state index contributed by atoms with van der Waals surface area (Å²) in [6.45, 7) is 1.83. The maximum Gasteiger partial charge on any atom is 0.241 e. The molecule has 2 aromatic heterocycles. The smallest absolute Gasteiger partial charge is 0.241 e. The standard InChI is InChI=1S/C24H23N3O2S2/c1-2-22(28)25-15-11-12-18-21(13-15)31-24(26-18)30-14-23(29)27-19-9-5-3-7-16(19)17-8-4-6-10-20(17)27/h3,5,7,9,11-13H,2,4,6,8,10,14H2,1H3,(H,25,28). The minimum Gasteiger partial charge on any atom is -0.326 e. The van der Waals surface area contributed by atoms with E-state index in [0.717, 1.165) is 45.0 Å². The average molecular weight is 450 g/mol. The van der Waals surface area contributed by atoms with Gasteiger partial charge in [0.05, 0.1) is 21.5 Å². The fourth-order valence-electron chi connectivity index (χ4n) is 4.26. The maximum absolute atomic E-state index is 13.3. The van der Waals surface area contributed by atoms with Crippen LogP contribution in [0.25, 0.3) is 21.1 Å². The number of carbonyl (C=O) groups excluding carboxylic acids is 2. The third-order valence-corrected chi connectivity index (χ3v) is 7.87. The number of fused-ring (bicyclic) bond motifs is 4. The highest BCUT2D eigenvalue weighted by molar-refractivity contribution is 8.01. The molecule has 4 aromatic rings. The van der Waals surface area contributed by atoms with Gasteiger partial charge in [-0.2, -0.15) is 0 Å². The Hall–Kier alpha value is -2.64. The number of benzene rings is 2. The third-order valence-electron chi connectivity index (χ3n) is 5.72. The van der Waals surface area contributed by atoms with E-state index in [1.807, 2.05) is 35.8 Å². The van der Waals surface area contributed by atoms with Crippen LogP contribution in [0.1, 0.15) is 42.2 Å². The molecule has 0 unspecified atom stereocenters. The van der Waals surface area contributed by atoms with E-state index in [2.05, 4.69) is 28.5 Å². The molecule has 5 nitrogen and oxygen atoms in total. The van der Waals surface area contributed by atoms with Crippen LogP contribution in [0.4, 0.5) is 5.69 Å². The number of anilines is 1. The zero-order valence-corrected chi connectivity index (χ0v) is 18.9. The van der Waals surface area contributed by atoms with E-state index in [9.17, 15) is 9.59 Å². The minimum absolute atomic E-state index is 0.00802. The number of thiazole rings is 1. The molecule has 2 heterocycles. The zero-order chi connectivity index (χ0) is 21.4. The first-order chi connectivity index (χ1) is 15.1. The summed E-state index contributed by atoms with van der Waals surface area (Å²) in [6, 6.07) is 14.0. The van der Waals surface area contributed by atoms with Crippen molar-refractivity contribution in [3.8, 4) is 0 Å². The van der Waals surface area contributed by atoms with Crippen molar-refractivity contribution in [1.82, 2.24) is 9.55 Å². The largest absolute Gasteiger partial charge is 0.326 e. The molecule has 1 N–H and O–H groups in total. The molecule has 158 valence electrons. The Morgan fingerprint density at radius 1 is 1.16 bits per heavy atom. The van der Waals surface area contributed by atoms with Crippen LogP contribution in [0.2, 0.25) is 0 Å². The molecule has 0 fully saturated rings. The van der Waals surface area contributed by atoms with Crippen molar-refractivity contribution in [2.75, 3.05) is 11.1 Å². The molecule has 0 aliphatic heterocycles. The quantitative estimate of drug-likeness (QED) is 0.385. The number of carbonyl (C=O) groups is 2. The average Bonchev–Trinajstić information content (AvgIpc) is 3.35. The number of aromatic nitrogens is 2. The lowest BCUT2D eigenvalue weighted by molar-refractivity contribution is -0.115. The Bertz CT molecular complexity index is 1310. The van der Waals surface area contributed by atoms with Crippen molar-refractivity contribution in [2.45, 2.75) is 43.4 Å². The molecule has 5 rings (SSSR count). The Kier molecular flexibility index (Phi) is 5.54. The van der Waals surface area contributed by atoms with Crippen LogP contribution in [0.5, 0.6) is 0 Å². The van der Waals surface area contributed by atoms with Gasteiger partial charge < -0.3 is 5.32 Å². The number of nitrogens with zero attached hydrogens (tertiary/aromatic N) is 2. The predicted octanol–water partition coefficient (Wildman–Crippen LogP) is 5.91. The van der Waals surface area contributed by atoms with E-state index < -0.39 is 0 Å². The Morgan fingerprint density at radius 2 is 2.00 bits per heavy atom. The minimum atomic E-state index is -0.00802. The number of rotatable bonds is 5. The van der Waals surface area contributed by atoms with Gasteiger partial charge in [-0.1, -0.05) is 36.9 Å². The molecule has 7 heteroatoms. The van der Waals surface area contributed by atoms with Gasteiger partial charge in [0.15, 0.2) is 4.34 Å². The molecule has 1 aliphatic rings. The van der Waals surface area contributed by atoms with Crippen LogP contribution >= 0.6 is 23.1 Å². The molecular formula is C24H23N3O2S2. The molecule has 1 aliphatic carbocycles. The van der Waals surface area contributed by atoms with Crippen LogP contribution in [0.3, 0.4) is 0 Å². The second kappa shape index (κ2) is 8.48. The first-order valence-corrected chi connectivity index (χ1v) is 12.4. The van der Waals surface area contributed by atoms with Crippen molar-refractivity contribution in [2.24, 2.45) is 0 Å². The molecule has 31 heavy (non-hydrogen) atoms. The number of hydrogen-bond donors (Lipinski definition) is 1. The molecule has 0 radical (unpaired) electrons. The third kappa shape index (κ3) is 3.88. The van der Waals surface area contributed by atoms with Crippen LogP contribution in [-0.4, -0.2) is 27.1 Å². The molecule has 0 atom stereocenters. The zero-order valence-electron chi connectivity index (χ0n) is 17.3. The number of thioether (sulfide) groups is 1. The Morgan fingerprint density at radius 3 is 2.87 bits per heavy atom. The van der Waals surface area contributed by atoms with Gasteiger partial charge in [0.25, 0.3) is 0 Å². The summed E-state index contributed by atoms with van der Waals surface area (Å²) in [6.07, 6.45) is 4.79. The maximum atomic E-state index is 13.3. The van der Waals surface area contributed by atoms with Gasteiger partial charge in [-0.15, -0.1) is 11.3 Å². The van der Waals surface area contributed by atoms with E-state index in [4.69, 9.17) is 0 Å². The van der Waals surface area contributed by atoms with E-state index in [-0.39, 0.29) is 11.8 Å². The van der Waals surface area contributed by atoms with Gasteiger partial charge in [-0.05, 0) is 55.5 Å². The van der Waals surface area contributed by atoms with Crippen molar-refractivity contribution in [3.05, 3.63) is 53.7 Å². The van der Waals surface area contributed by atoms with Gasteiger partial charge in [0.1, 0.15) is 0 Å². The van der Waals surface area contributed by atoms with Gasteiger partial charge in [-0.25, -0.2) is 4.98 Å². The van der Waals surface area contributed by atoms with Crippen molar-refractivity contribution < 1.29 is 9.59 Å². The van der Waals surface area contributed by atoms with Gasteiger partial charge in [0, 0.05) is 23.2 Å². The highest BCUT2D eigenvalue weighted by atomic mass is 32.2. The van der Waals surface area contributed by atoms with Crippen LogP contribution in [0.15, 0.2) is 46.8 Å². The number of para-hydroxylation sites is 1. The summed E-state index contributed by atoms with van der Waals surface area (Å²) >= 11 is 3.04. The molecule has 0 bridgehead atoms. The lowest BCUT2D eigenvalue weighted by Crippen LogP contribution is -2.18. The summed E-state index contributed by atoms with van der Waals surface area (Å²) < 4.78 is 3.82. The highest BCUT2D eigenvalue weighted by Gasteiger charge is 2.23. The number of nitrogens with one attached hydrogen (secondary N) is 1. The summed E-state index contributed by atoms with van der Waals surface area (Å²) in [5.41, 5.74) is 5.24. The van der Waals surface area contributed by atoms with Crippen molar-refractivity contribution in [1.29, 1.82) is 0 Å². The van der Waals surface area contributed by atoms with Gasteiger partial charge >= 0.3 is 0 Å². The molecular weight excluding hydrogens is 426 g/mol. The normalized spacial score (nSPS) is 13.5. The highest BCUT2D eigenvalue weighted by Crippen LogP contribution is 2.34. The van der Waals surface area contributed by atoms with E-state index >= 15 is 0 Å². The summed E-state index contributed by atoms with van der Waals surface area (Å²) in [4.78, 5) is 29.6. The Labute approximate surface area is 188 Å². The first-order valence-electron chi connectivity index (χ1n) is 10.6. The van der Waals surface area contributed by atoms with E-state index in [0.29, 0.717) is 12.2 Å². The number of aryl methyl sites for hydroxylation is 1. The molecule has 1 amide bonds. The number of amides is 1. The lowest BCUT2D eigenvalue weighted by atomic mass is 9.96. The number of hydrogen-bond acceptors (Lipinski definition) is 5. The molecule has 0 saturated carbocycles. The van der Waals surface area contributed by atoms with E-state index in [1.54, 1.807) is 11.3 Å². The second-order valence-electron chi connectivity index (χ2n) is 7.73.